The number of ether oxygens (including phenoxy) is 1. The average Bonchev–Trinajstić information content (AvgIpc) is 3.22. The third kappa shape index (κ3) is 4.51. The normalized spacial score (nSPS) is 13.2. The number of rotatable bonds is 6. The number of benzene rings is 3. The van der Waals surface area contributed by atoms with E-state index in [2.05, 4.69) is 16.7 Å². The van der Waals surface area contributed by atoms with Gasteiger partial charge in [-0.15, -0.1) is 0 Å². The molecule has 5 heteroatoms. The molecule has 0 heterocycles. The second-order valence-electron chi connectivity index (χ2n) is 7.40. The van der Waals surface area contributed by atoms with Crippen molar-refractivity contribution in [3.8, 4) is 5.75 Å². The van der Waals surface area contributed by atoms with Crippen LogP contribution in [0.4, 0.5) is 11.4 Å². The van der Waals surface area contributed by atoms with Gasteiger partial charge in [0.1, 0.15) is 5.75 Å². The first-order valence-corrected chi connectivity index (χ1v) is 10.1. The van der Waals surface area contributed by atoms with Crippen LogP contribution in [-0.2, 0) is 17.6 Å². The lowest BCUT2D eigenvalue weighted by molar-refractivity contribution is -0.122. The number of fused-ring (bicyclic) bond motifs is 1. The number of anilines is 2. The molecule has 152 valence electrons. The number of aryl methyl sites for hydroxylation is 2. The topological polar surface area (TPSA) is 67.4 Å². The number of carbonyl (C=O) groups excluding carboxylic acids is 2. The van der Waals surface area contributed by atoms with Gasteiger partial charge < -0.3 is 15.4 Å². The summed E-state index contributed by atoms with van der Waals surface area (Å²) in [7, 11) is 0. The lowest BCUT2D eigenvalue weighted by atomic mass is 10.1. The quantitative estimate of drug-likeness (QED) is 0.623. The minimum atomic E-state index is -0.760. The molecule has 0 radical (unpaired) electrons. The molecule has 1 unspecified atom stereocenters. The molecule has 2 N–H and O–H groups in total. The molecule has 1 aliphatic rings. The van der Waals surface area contributed by atoms with Crippen molar-refractivity contribution in [1.29, 1.82) is 0 Å². The van der Waals surface area contributed by atoms with E-state index in [-0.39, 0.29) is 11.8 Å². The molecule has 0 aromatic heterocycles. The van der Waals surface area contributed by atoms with Crippen molar-refractivity contribution in [3.63, 3.8) is 0 Å². The molecule has 30 heavy (non-hydrogen) atoms. The number of amides is 2. The van der Waals surface area contributed by atoms with Gasteiger partial charge in [0, 0.05) is 11.4 Å². The second-order valence-corrected chi connectivity index (χ2v) is 7.40. The predicted molar refractivity (Wildman–Crippen MR) is 118 cm³/mol. The van der Waals surface area contributed by atoms with Gasteiger partial charge in [0.15, 0.2) is 6.10 Å². The zero-order valence-corrected chi connectivity index (χ0v) is 16.9. The molecule has 1 aliphatic carbocycles. The van der Waals surface area contributed by atoms with Crippen LogP contribution in [0.5, 0.6) is 5.75 Å². The summed E-state index contributed by atoms with van der Waals surface area (Å²) in [5.41, 5.74) is 4.49. The number of carbonyl (C=O) groups is 2. The molecule has 0 saturated carbocycles. The van der Waals surface area contributed by atoms with Crippen LogP contribution in [0.15, 0.2) is 72.8 Å². The van der Waals surface area contributed by atoms with Crippen LogP contribution >= 0.6 is 0 Å². The number of hydrogen-bond acceptors (Lipinski definition) is 3. The van der Waals surface area contributed by atoms with E-state index in [0.29, 0.717) is 17.0 Å². The van der Waals surface area contributed by atoms with Crippen LogP contribution in [0.3, 0.4) is 0 Å². The summed E-state index contributed by atoms with van der Waals surface area (Å²) in [6.07, 6.45) is 2.55. The highest BCUT2D eigenvalue weighted by Crippen LogP contribution is 2.25. The van der Waals surface area contributed by atoms with Crippen molar-refractivity contribution >= 4 is 23.2 Å². The second kappa shape index (κ2) is 8.82. The zero-order chi connectivity index (χ0) is 20.9. The van der Waals surface area contributed by atoms with Crippen molar-refractivity contribution in [2.24, 2.45) is 0 Å². The molecule has 0 saturated heterocycles. The first kappa shape index (κ1) is 19.7. The van der Waals surface area contributed by atoms with Gasteiger partial charge >= 0.3 is 0 Å². The van der Waals surface area contributed by atoms with Crippen LogP contribution in [-0.4, -0.2) is 17.9 Å². The fraction of sp³-hybridized carbons (Fsp3) is 0.200. The van der Waals surface area contributed by atoms with E-state index < -0.39 is 6.10 Å². The maximum absolute atomic E-state index is 12.7. The highest BCUT2D eigenvalue weighted by atomic mass is 16.5. The van der Waals surface area contributed by atoms with Crippen LogP contribution in [0.2, 0.25) is 0 Å². The monoisotopic (exact) mass is 400 g/mol. The fourth-order valence-corrected chi connectivity index (χ4v) is 3.61. The van der Waals surface area contributed by atoms with E-state index in [1.54, 1.807) is 31.2 Å². The number of hydrogen-bond donors (Lipinski definition) is 2. The van der Waals surface area contributed by atoms with Gasteiger partial charge in [-0.3, -0.25) is 9.59 Å². The summed E-state index contributed by atoms with van der Waals surface area (Å²) in [6.45, 7) is 1.68. The first-order valence-electron chi connectivity index (χ1n) is 10.1. The first-order chi connectivity index (χ1) is 14.6. The van der Waals surface area contributed by atoms with Gasteiger partial charge in [0.05, 0.1) is 5.56 Å². The Bertz CT molecular complexity index is 1060. The van der Waals surface area contributed by atoms with E-state index in [1.165, 1.54) is 11.1 Å². The highest BCUT2D eigenvalue weighted by molar-refractivity contribution is 6.06. The number of para-hydroxylation sites is 2. The molecule has 0 bridgehead atoms. The zero-order valence-electron chi connectivity index (χ0n) is 16.9. The van der Waals surface area contributed by atoms with Gasteiger partial charge in [0.25, 0.3) is 11.8 Å². The Hall–Kier alpha value is -3.60. The Morgan fingerprint density at radius 3 is 2.40 bits per heavy atom. The van der Waals surface area contributed by atoms with Crippen LogP contribution < -0.4 is 15.4 Å². The molecule has 0 fully saturated rings. The summed E-state index contributed by atoms with van der Waals surface area (Å²) >= 11 is 0. The average molecular weight is 400 g/mol. The summed E-state index contributed by atoms with van der Waals surface area (Å²) < 4.78 is 5.86. The van der Waals surface area contributed by atoms with Crippen molar-refractivity contribution < 1.29 is 14.3 Å². The van der Waals surface area contributed by atoms with Crippen LogP contribution in [0.1, 0.15) is 34.8 Å². The Morgan fingerprint density at radius 2 is 1.57 bits per heavy atom. The van der Waals surface area contributed by atoms with E-state index >= 15 is 0 Å². The number of nitrogens with one attached hydrogen (secondary N) is 2. The van der Waals surface area contributed by atoms with Crippen LogP contribution in [0, 0.1) is 0 Å². The van der Waals surface area contributed by atoms with Crippen molar-refractivity contribution in [2.75, 3.05) is 10.6 Å². The maximum Gasteiger partial charge on any atom is 0.265 e. The molecule has 2 amide bonds. The Labute approximate surface area is 176 Å². The lowest BCUT2D eigenvalue weighted by Crippen LogP contribution is -2.31. The molecule has 3 aromatic carbocycles. The highest BCUT2D eigenvalue weighted by Gasteiger charge is 2.20. The van der Waals surface area contributed by atoms with Crippen molar-refractivity contribution in [3.05, 3.63) is 89.5 Å². The maximum atomic E-state index is 12.7. The van der Waals surface area contributed by atoms with Gasteiger partial charge in [0.2, 0.25) is 0 Å². The lowest BCUT2D eigenvalue weighted by Gasteiger charge is -2.17. The molecular formula is C25H24N2O3. The Morgan fingerprint density at radius 1 is 0.833 bits per heavy atom. The molecular weight excluding hydrogens is 376 g/mol. The smallest absolute Gasteiger partial charge is 0.265 e. The van der Waals surface area contributed by atoms with E-state index in [4.69, 9.17) is 4.74 Å². The molecule has 5 nitrogen and oxygen atoms in total. The Balaban J connectivity index is 1.43. The largest absolute Gasteiger partial charge is 0.480 e. The van der Waals surface area contributed by atoms with Gasteiger partial charge in [-0.2, -0.15) is 0 Å². The summed E-state index contributed by atoms with van der Waals surface area (Å²) in [5, 5.41) is 5.76. The third-order valence-corrected chi connectivity index (χ3v) is 5.20. The predicted octanol–water partition coefficient (Wildman–Crippen LogP) is 4.83. The van der Waals surface area contributed by atoms with Gasteiger partial charge in [-0.05, 0) is 73.7 Å². The summed E-state index contributed by atoms with van der Waals surface area (Å²) in [6, 6.07) is 22.2. The van der Waals surface area contributed by atoms with E-state index in [1.807, 2.05) is 42.5 Å². The molecule has 3 aromatic rings. The van der Waals surface area contributed by atoms with E-state index in [9.17, 15) is 9.59 Å². The van der Waals surface area contributed by atoms with E-state index in [0.717, 1.165) is 24.9 Å². The molecule has 4 rings (SSSR count). The minimum Gasteiger partial charge on any atom is -0.480 e. The fourth-order valence-electron chi connectivity index (χ4n) is 3.61. The molecule has 0 spiro atoms. The summed E-state index contributed by atoms with van der Waals surface area (Å²) in [4.78, 5) is 25.3. The SMILES string of the molecule is CC(Oc1ccccc1C(=O)Nc1ccccc1)C(=O)Nc1ccc2c(c1)CCC2. The van der Waals surface area contributed by atoms with Crippen LogP contribution in [0.25, 0.3) is 0 Å². The van der Waals surface area contributed by atoms with Gasteiger partial charge in [-0.25, -0.2) is 0 Å². The summed E-state index contributed by atoms with van der Waals surface area (Å²) in [5.74, 6) is -0.184. The third-order valence-electron chi connectivity index (χ3n) is 5.20. The van der Waals surface area contributed by atoms with Crippen molar-refractivity contribution in [2.45, 2.75) is 32.3 Å². The standard InChI is InChI=1S/C25H24N2O3/c1-17(24(28)27-21-15-14-18-8-7-9-19(18)16-21)30-23-13-6-5-12-22(23)25(29)26-20-10-3-2-4-11-20/h2-6,10-17H,7-9H2,1H3,(H,26,29)(H,27,28). The minimum absolute atomic E-state index is 0.258. The van der Waals surface area contributed by atoms with Gasteiger partial charge in [-0.1, -0.05) is 36.4 Å². The molecule has 0 aliphatic heterocycles. The Kier molecular flexibility index (Phi) is 5.80. The molecule has 1 atom stereocenters. The van der Waals surface area contributed by atoms with Crippen molar-refractivity contribution in [1.82, 2.24) is 0 Å².